The first-order valence-electron chi connectivity index (χ1n) is 11.5. The van der Waals surface area contributed by atoms with E-state index >= 15 is 0 Å². The summed E-state index contributed by atoms with van der Waals surface area (Å²) in [6, 6.07) is 24.8. The van der Waals surface area contributed by atoms with E-state index in [9.17, 15) is 13.5 Å². The van der Waals surface area contributed by atoms with Crippen molar-refractivity contribution in [3.63, 3.8) is 0 Å². The number of hydrogen-bond acceptors (Lipinski definition) is 5. The van der Waals surface area contributed by atoms with E-state index in [1.165, 1.54) is 10.6 Å². The zero-order valence-corrected chi connectivity index (χ0v) is 21.0. The highest BCUT2D eigenvalue weighted by atomic mass is 32.2. The van der Waals surface area contributed by atoms with Gasteiger partial charge in [0.1, 0.15) is 0 Å². The van der Waals surface area contributed by atoms with Crippen molar-refractivity contribution in [2.75, 3.05) is 30.7 Å². The molecule has 0 aliphatic carbocycles. The van der Waals surface area contributed by atoms with E-state index < -0.39 is 10.0 Å². The number of aromatic hydroxyl groups is 1. The highest BCUT2D eigenvalue weighted by Gasteiger charge is 2.22. The summed E-state index contributed by atoms with van der Waals surface area (Å²) in [6.07, 6.45) is 1.20. The van der Waals surface area contributed by atoms with Crippen molar-refractivity contribution in [3.8, 4) is 5.88 Å². The average molecular weight is 491 g/mol. The Labute approximate surface area is 206 Å². The van der Waals surface area contributed by atoms with Crippen molar-refractivity contribution in [2.24, 2.45) is 4.99 Å². The molecule has 8 heteroatoms. The first-order chi connectivity index (χ1) is 16.8. The molecule has 0 unspecified atom stereocenters. The summed E-state index contributed by atoms with van der Waals surface area (Å²) in [4.78, 5) is 4.95. The minimum atomic E-state index is -3.42. The van der Waals surface area contributed by atoms with Gasteiger partial charge in [0, 0.05) is 30.6 Å². The molecule has 3 aromatic carbocycles. The number of fused-ring (bicyclic) bond motifs is 1. The number of aliphatic imine (C=N–C) groups is 1. The zero-order valence-electron chi connectivity index (χ0n) is 20.1. The summed E-state index contributed by atoms with van der Waals surface area (Å²) < 4.78 is 27.9. The Morgan fingerprint density at radius 2 is 1.66 bits per heavy atom. The highest BCUT2D eigenvalue weighted by Crippen LogP contribution is 2.35. The molecule has 0 radical (unpaired) electrons. The van der Waals surface area contributed by atoms with E-state index in [0.717, 1.165) is 16.5 Å². The van der Waals surface area contributed by atoms with Gasteiger partial charge in [0.05, 0.1) is 34.4 Å². The number of para-hydroxylation sites is 1. The predicted octanol–water partition coefficient (Wildman–Crippen LogP) is 4.52. The van der Waals surface area contributed by atoms with Gasteiger partial charge in [-0.05, 0) is 44.3 Å². The van der Waals surface area contributed by atoms with Crippen LogP contribution in [0, 0.1) is 0 Å². The smallest absolute Gasteiger partial charge is 0.232 e. The van der Waals surface area contributed by atoms with Crippen molar-refractivity contribution in [1.29, 1.82) is 0 Å². The Morgan fingerprint density at radius 3 is 2.29 bits per heavy atom. The summed E-state index contributed by atoms with van der Waals surface area (Å²) in [5, 5.41) is 15.1. The van der Waals surface area contributed by atoms with Crippen LogP contribution in [0.25, 0.3) is 10.9 Å². The van der Waals surface area contributed by atoms with Gasteiger partial charge >= 0.3 is 0 Å². The molecule has 4 aromatic rings. The first kappa shape index (κ1) is 24.5. The van der Waals surface area contributed by atoms with Gasteiger partial charge < -0.3 is 15.0 Å². The van der Waals surface area contributed by atoms with Crippen molar-refractivity contribution in [2.45, 2.75) is 13.5 Å². The molecule has 0 aliphatic rings. The lowest BCUT2D eigenvalue weighted by Crippen LogP contribution is -2.35. The molecule has 0 spiro atoms. The first-order valence-corrected chi connectivity index (χ1v) is 13.4. The normalized spacial score (nSPS) is 12.3. The number of aromatic nitrogens is 1. The third-order valence-electron chi connectivity index (χ3n) is 5.89. The van der Waals surface area contributed by atoms with Crippen LogP contribution in [0.15, 0.2) is 83.9 Å². The molecular formula is C27H30N4O3S. The Hall–Kier alpha value is -3.62. The maximum absolute atomic E-state index is 12.3. The van der Waals surface area contributed by atoms with Crippen LogP contribution in [-0.4, -0.2) is 50.2 Å². The van der Waals surface area contributed by atoms with E-state index in [2.05, 4.69) is 5.32 Å². The fraction of sp³-hybridized carbons (Fsp3) is 0.222. The van der Waals surface area contributed by atoms with E-state index in [4.69, 9.17) is 4.99 Å². The fourth-order valence-corrected chi connectivity index (χ4v) is 5.15. The predicted molar refractivity (Wildman–Crippen MR) is 144 cm³/mol. The molecule has 0 bridgehead atoms. The minimum Gasteiger partial charge on any atom is -0.494 e. The number of sulfonamides is 1. The third kappa shape index (κ3) is 5.08. The van der Waals surface area contributed by atoms with Crippen LogP contribution >= 0.6 is 0 Å². The van der Waals surface area contributed by atoms with E-state index in [1.54, 1.807) is 31.3 Å². The lowest BCUT2D eigenvalue weighted by Gasteiger charge is -2.22. The van der Waals surface area contributed by atoms with Crippen LogP contribution in [0.3, 0.4) is 0 Å². The van der Waals surface area contributed by atoms with Crippen molar-refractivity contribution < 1.29 is 13.5 Å². The molecule has 0 atom stereocenters. The van der Waals surface area contributed by atoms with Gasteiger partial charge in [0.25, 0.3) is 0 Å². The van der Waals surface area contributed by atoms with E-state index in [0.29, 0.717) is 42.3 Å². The minimum absolute atomic E-state index is 0.170. The number of anilines is 1. The lowest BCUT2D eigenvalue weighted by molar-refractivity contribution is 0.424. The number of aryl methyl sites for hydroxylation is 1. The standard InChI is InChI=1S/C27H30N4O3S/c1-4-30-24-13-9-8-12-23(24)25(27(30)32)26(20-10-6-5-7-11-20)29-21-14-16-22(17-15-21)31(19-18-28-2)35(3,33)34/h5-17,28,32H,4,18-19H2,1-3H3. The van der Waals surface area contributed by atoms with E-state index in [1.807, 2.05) is 66.1 Å². The second-order valence-corrected chi connectivity index (χ2v) is 10.1. The topological polar surface area (TPSA) is 86.9 Å². The maximum atomic E-state index is 12.3. The molecule has 1 aromatic heterocycles. The largest absolute Gasteiger partial charge is 0.494 e. The second-order valence-electron chi connectivity index (χ2n) is 8.24. The van der Waals surface area contributed by atoms with Crippen LogP contribution in [0.2, 0.25) is 0 Å². The molecule has 0 saturated heterocycles. The number of benzene rings is 3. The molecule has 7 nitrogen and oxygen atoms in total. The highest BCUT2D eigenvalue weighted by molar-refractivity contribution is 7.92. The molecule has 0 aliphatic heterocycles. The Balaban J connectivity index is 1.85. The van der Waals surface area contributed by atoms with Crippen LogP contribution in [0.1, 0.15) is 18.1 Å². The third-order valence-corrected chi connectivity index (χ3v) is 7.08. The quantitative estimate of drug-likeness (QED) is 0.338. The molecule has 2 N–H and O–H groups in total. The molecule has 182 valence electrons. The molecule has 1 heterocycles. The Kier molecular flexibility index (Phi) is 7.23. The van der Waals surface area contributed by atoms with Gasteiger partial charge in [-0.2, -0.15) is 0 Å². The van der Waals surface area contributed by atoms with Crippen LogP contribution in [-0.2, 0) is 16.6 Å². The monoisotopic (exact) mass is 490 g/mol. The number of nitrogens with one attached hydrogen (secondary N) is 1. The second kappa shape index (κ2) is 10.3. The van der Waals surface area contributed by atoms with Gasteiger partial charge in [-0.15, -0.1) is 0 Å². The Morgan fingerprint density at radius 1 is 1.00 bits per heavy atom. The molecule has 0 saturated carbocycles. The maximum Gasteiger partial charge on any atom is 0.232 e. The van der Waals surface area contributed by atoms with Gasteiger partial charge in [-0.3, -0.25) is 4.31 Å². The SMILES string of the molecule is CCn1c(O)c(C(=Nc2ccc(N(CCNC)S(C)(=O)=O)cc2)c2ccccc2)c2ccccc21. The summed E-state index contributed by atoms with van der Waals surface area (Å²) in [6.45, 7) is 3.48. The van der Waals surface area contributed by atoms with Crippen molar-refractivity contribution in [3.05, 3.63) is 90.0 Å². The fourth-order valence-electron chi connectivity index (χ4n) is 4.23. The molecule has 0 amide bonds. The summed E-state index contributed by atoms with van der Waals surface area (Å²) >= 11 is 0. The van der Waals surface area contributed by atoms with Crippen molar-refractivity contribution >= 4 is 38.0 Å². The number of rotatable bonds is 9. The molecular weight excluding hydrogens is 460 g/mol. The zero-order chi connectivity index (χ0) is 25.0. The lowest BCUT2D eigenvalue weighted by atomic mass is 10.0. The summed E-state index contributed by atoms with van der Waals surface area (Å²) in [7, 11) is -1.63. The van der Waals surface area contributed by atoms with Gasteiger partial charge in [0.15, 0.2) is 0 Å². The number of hydrogen-bond donors (Lipinski definition) is 2. The number of likely N-dealkylation sites (N-methyl/N-ethyl adjacent to an activating group) is 1. The Bertz CT molecular complexity index is 1440. The van der Waals surface area contributed by atoms with Crippen molar-refractivity contribution in [1.82, 2.24) is 9.88 Å². The van der Waals surface area contributed by atoms with Gasteiger partial charge in [-0.1, -0.05) is 48.5 Å². The summed E-state index contributed by atoms with van der Waals surface area (Å²) in [5.74, 6) is 0.170. The number of nitrogens with zero attached hydrogens (tertiary/aromatic N) is 3. The molecule has 0 fully saturated rings. The molecule has 4 rings (SSSR count). The van der Waals surface area contributed by atoms with Crippen LogP contribution in [0.5, 0.6) is 5.88 Å². The van der Waals surface area contributed by atoms with Gasteiger partial charge in [-0.25, -0.2) is 13.4 Å². The van der Waals surface area contributed by atoms with Gasteiger partial charge in [0.2, 0.25) is 15.9 Å². The van der Waals surface area contributed by atoms with E-state index in [-0.39, 0.29) is 5.88 Å². The van der Waals surface area contributed by atoms with Crippen LogP contribution in [0.4, 0.5) is 11.4 Å². The molecule has 35 heavy (non-hydrogen) atoms. The van der Waals surface area contributed by atoms with Crippen LogP contribution < -0.4 is 9.62 Å². The average Bonchev–Trinajstić information content (AvgIpc) is 3.14. The summed E-state index contributed by atoms with van der Waals surface area (Å²) in [5.41, 5.74) is 4.36.